The molecule has 1 unspecified atom stereocenters. The third kappa shape index (κ3) is 4.63. The number of hydrogen-bond donors (Lipinski definition) is 1. The Morgan fingerprint density at radius 3 is 2.77 bits per heavy atom. The first-order valence-electron chi connectivity index (χ1n) is 7.70. The lowest BCUT2D eigenvalue weighted by atomic mass is 10.1. The van der Waals surface area contributed by atoms with Gasteiger partial charge in [0, 0.05) is 37.5 Å². The molecule has 5 heteroatoms. The minimum absolute atomic E-state index is 0.234. The summed E-state index contributed by atoms with van der Waals surface area (Å²) < 4.78 is 10.6. The summed E-state index contributed by atoms with van der Waals surface area (Å²) in [5.41, 5.74) is 1.74. The van der Waals surface area contributed by atoms with Gasteiger partial charge in [0.25, 0.3) is 0 Å². The lowest BCUT2D eigenvalue weighted by Gasteiger charge is -2.24. The van der Waals surface area contributed by atoms with Gasteiger partial charge in [-0.25, -0.2) is 4.79 Å². The van der Waals surface area contributed by atoms with Crippen molar-refractivity contribution in [2.75, 3.05) is 25.5 Å². The second kappa shape index (κ2) is 7.01. The Morgan fingerprint density at radius 1 is 1.36 bits per heavy atom. The molecule has 1 saturated heterocycles. The highest BCUT2D eigenvalue weighted by Crippen LogP contribution is 2.21. The van der Waals surface area contributed by atoms with Crippen molar-refractivity contribution in [1.82, 2.24) is 4.90 Å². The Bertz CT molecular complexity index is 511. The van der Waals surface area contributed by atoms with Gasteiger partial charge in [0.05, 0.1) is 6.61 Å². The van der Waals surface area contributed by atoms with E-state index >= 15 is 0 Å². The lowest BCUT2D eigenvalue weighted by molar-refractivity contribution is 0.0293. The molecule has 0 saturated carbocycles. The number of nitrogens with one attached hydrogen (secondary N) is 1. The number of methoxy groups -OCH3 is 1. The van der Waals surface area contributed by atoms with Crippen molar-refractivity contribution in [3.05, 3.63) is 29.8 Å². The first-order chi connectivity index (χ1) is 10.4. The fourth-order valence-corrected chi connectivity index (χ4v) is 2.53. The molecule has 1 fully saturated rings. The van der Waals surface area contributed by atoms with E-state index in [0.717, 1.165) is 24.2 Å². The maximum atomic E-state index is 12.1. The van der Waals surface area contributed by atoms with Crippen LogP contribution in [0.5, 0.6) is 0 Å². The normalized spacial score (nSPS) is 18.4. The number of para-hydroxylation sites is 1. The number of carbonyl (C=O) groups is 1. The van der Waals surface area contributed by atoms with E-state index in [2.05, 4.69) is 5.32 Å². The van der Waals surface area contributed by atoms with Crippen molar-refractivity contribution >= 4 is 11.8 Å². The predicted octanol–water partition coefficient (Wildman–Crippen LogP) is 3.25. The van der Waals surface area contributed by atoms with E-state index in [1.165, 1.54) is 0 Å². The third-order valence-corrected chi connectivity index (χ3v) is 3.52. The van der Waals surface area contributed by atoms with E-state index in [1.54, 1.807) is 12.0 Å². The van der Waals surface area contributed by atoms with Crippen LogP contribution >= 0.6 is 0 Å². The molecule has 5 nitrogen and oxygen atoms in total. The number of carbonyl (C=O) groups excluding carboxylic acids is 1. The van der Waals surface area contributed by atoms with Crippen molar-refractivity contribution in [3.63, 3.8) is 0 Å². The number of hydrogen-bond acceptors (Lipinski definition) is 4. The van der Waals surface area contributed by atoms with Crippen molar-refractivity contribution < 1.29 is 14.3 Å². The van der Waals surface area contributed by atoms with Gasteiger partial charge in [-0.2, -0.15) is 0 Å². The van der Waals surface area contributed by atoms with Crippen LogP contribution in [0.3, 0.4) is 0 Å². The van der Waals surface area contributed by atoms with Crippen molar-refractivity contribution in [1.29, 1.82) is 0 Å². The summed E-state index contributed by atoms with van der Waals surface area (Å²) in [6.45, 7) is 7.62. The van der Waals surface area contributed by atoms with Crippen molar-refractivity contribution in [3.8, 4) is 0 Å². The largest absolute Gasteiger partial charge is 0.444 e. The molecule has 1 aromatic rings. The van der Waals surface area contributed by atoms with Gasteiger partial charge >= 0.3 is 6.09 Å². The summed E-state index contributed by atoms with van der Waals surface area (Å²) in [6, 6.07) is 8.34. The number of amides is 1. The van der Waals surface area contributed by atoms with Crippen LogP contribution in [0.2, 0.25) is 0 Å². The van der Waals surface area contributed by atoms with Crippen molar-refractivity contribution in [2.45, 2.75) is 45.4 Å². The van der Waals surface area contributed by atoms with Gasteiger partial charge in [0.2, 0.25) is 0 Å². The fourth-order valence-electron chi connectivity index (χ4n) is 2.53. The summed E-state index contributed by atoms with van der Waals surface area (Å²) in [5.74, 6) is 0. The number of benzene rings is 1. The predicted molar refractivity (Wildman–Crippen MR) is 87.0 cm³/mol. The highest BCUT2D eigenvalue weighted by atomic mass is 16.6. The Morgan fingerprint density at radius 2 is 2.09 bits per heavy atom. The molecular weight excluding hydrogens is 280 g/mol. The molecule has 0 bridgehead atoms. The molecule has 1 aliphatic rings. The quantitative estimate of drug-likeness (QED) is 0.927. The Balaban J connectivity index is 1.93. The van der Waals surface area contributed by atoms with Crippen LogP contribution in [-0.2, 0) is 16.1 Å². The van der Waals surface area contributed by atoms with Gasteiger partial charge in [-0.15, -0.1) is 0 Å². The second-order valence-corrected chi connectivity index (χ2v) is 6.65. The lowest BCUT2D eigenvalue weighted by Crippen LogP contribution is -2.36. The van der Waals surface area contributed by atoms with Gasteiger partial charge in [0.15, 0.2) is 0 Å². The molecule has 0 radical (unpaired) electrons. The maximum absolute atomic E-state index is 12.1. The van der Waals surface area contributed by atoms with Gasteiger partial charge in [-0.3, -0.25) is 0 Å². The van der Waals surface area contributed by atoms with Gasteiger partial charge in [0.1, 0.15) is 5.60 Å². The minimum atomic E-state index is -0.451. The molecule has 1 N–H and O–H groups in total. The zero-order chi connectivity index (χ0) is 16.2. The molecule has 122 valence electrons. The summed E-state index contributed by atoms with van der Waals surface area (Å²) in [5, 5.41) is 3.51. The van der Waals surface area contributed by atoms with Gasteiger partial charge in [-0.05, 0) is 33.3 Å². The molecule has 0 spiro atoms. The highest BCUT2D eigenvalue weighted by Gasteiger charge is 2.29. The first-order valence-corrected chi connectivity index (χ1v) is 7.70. The average molecular weight is 306 g/mol. The summed E-state index contributed by atoms with van der Waals surface area (Å²) in [6.07, 6.45) is 0.683. The number of likely N-dealkylation sites (tertiary alicyclic amines) is 1. The monoisotopic (exact) mass is 306 g/mol. The number of nitrogens with zero attached hydrogens (tertiary/aromatic N) is 1. The Labute approximate surface area is 132 Å². The van der Waals surface area contributed by atoms with Crippen LogP contribution < -0.4 is 5.32 Å². The summed E-state index contributed by atoms with van der Waals surface area (Å²) in [7, 11) is 1.69. The molecule has 1 aromatic carbocycles. The SMILES string of the molecule is COCc1ccccc1NC1CCN(C(=O)OC(C)(C)C)C1. The molecule has 0 aliphatic carbocycles. The first kappa shape index (κ1) is 16.6. The van der Waals surface area contributed by atoms with Crippen LogP contribution in [-0.4, -0.2) is 42.8 Å². The Hall–Kier alpha value is -1.75. The number of rotatable bonds is 4. The van der Waals surface area contributed by atoms with E-state index in [4.69, 9.17) is 9.47 Å². The van der Waals surface area contributed by atoms with E-state index in [-0.39, 0.29) is 12.1 Å². The summed E-state index contributed by atoms with van der Waals surface area (Å²) in [4.78, 5) is 13.9. The minimum Gasteiger partial charge on any atom is -0.444 e. The van der Waals surface area contributed by atoms with E-state index in [1.807, 2.05) is 45.0 Å². The fraction of sp³-hybridized carbons (Fsp3) is 0.588. The van der Waals surface area contributed by atoms with E-state index < -0.39 is 5.60 Å². The molecule has 1 amide bonds. The summed E-state index contributed by atoms with van der Waals surface area (Å²) >= 11 is 0. The molecule has 2 rings (SSSR count). The highest BCUT2D eigenvalue weighted by molar-refractivity contribution is 5.68. The van der Waals surface area contributed by atoms with E-state index in [0.29, 0.717) is 13.2 Å². The van der Waals surface area contributed by atoms with Crippen LogP contribution in [0.4, 0.5) is 10.5 Å². The molecule has 0 aromatic heterocycles. The van der Waals surface area contributed by atoms with Crippen LogP contribution in [0.15, 0.2) is 24.3 Å². The number of anilines is 1. The van der Waals surface area contributed by atoms with Gasteiger partial charge in [-0.1, -0.05) is 18.2 Å². The molecule has 1 heterocycles. The molecular formula is C17H26N2O3. The average Bonchev–Trinajstić information content (AvgIpc) is 2.88. The topological polar surface area (TPSA) is 50.8 Å². The molecule has 22 heavy (non-hydrogen) atoms. The number of ether oxygens (including phenoxy) is 2. The smallest absolute Gasteiger partial charge is 0.410 e. The van der Waals surface area contributed by atoms with Crippen LogP contribution in [0, 0.1) is 0 Å². The maximum Gasteiger partial charge on any atom is 0.410 e. The zero-order valence-corrected chi connectivity index (χ0v) is 13.9. The van der Waals surface area contributed by atoms with Crippen LogP contribution in [0.1, 0.15) is 32.8 Å². The van der Waals surface area contributed by atoms with Crippen molar-refractivity contribution in [2.24, 2.45) is 0 Å². The zero-order valence-electron chi connectivity index (χ0n) is 13.9. The second-order valence-electron chi connectivity index (χ2n) is 6.65. The molecule has 1 atom stereocenters. The molecule has 1 aliphatic heterocycles. The standard InChI is InChI=1S/C17H26N2O3/c1-17(2,3)22-16(20)19-10-9-14(11-19)18-15-8-6-5-7-13(15)12-21-4/h5-8,14,18H,9-12H2,1-4H3. The Kier molecular flexibility index (Phi) is 5.29. The van der Waals surface area contributed by atoms with Crippen LogP contribution in [0.25, 0.3) is 0 Å². The van der Waals surface area contributed by atoms with Gasteiger partial charge < -0.3 is 19.7 Å². The van der Waals surface area contributed by atoms with E-state index in [9.17, 15) is 4.79 Å². The third-order valence-electron chi connectivity index (χ3n) is 3.52.